The van der Waals surface area contributed by atoms with Crippen LogP contribution in [-0.2, 0) is 19.1 Å². The molecule has 0 N–H and O–H groups in total. The number of hydrogen-bond acceptors (Lipinski definition) is 4. The van der Waals surface area contributed by atoms with Crippen LogP contribution in [0.3, 0.4) is 0 Å². The van der Waals surface area contributed by atoms with Gasteiger partial charge in [-0.05, 0) is 6.92 Å². The zero-order valence-electron chi connectivity index (χ0n) is 8.62. The van der Waals surface area contributed by atoms with Crippen LogP contribution in [0.25, 0.3) is 0 Å². The number of rotatable bonds is 4. The normalized spacial score (nSPS) is 7.57. The van der Waals surface area contributed by atoms with Gasteiger partial charge in [0.15, 0.2) is 0 Å². The van der Waals surface area contributed by atoms with Gasteiger partial charge in [-0.3, -0.25) is 9.59 Å². The van der Waals surface area contributed by atoms with Gasteiger partial charge in [-0.2, -0.15) is 0 Å². The van der Waals surface area contributed by atoms with Crippen LogP contribution in [0.1, 0.15) is 20.3 Å². The van der Waals surface area contributed by atoms with Crippen LogP contribution < -0.4 is 0 Å². The van der Waals surface area contributed by atoms with Gasteiger partial charge in [0.2, 0.25) is 0 Å². The van der Waals surface area contributed by atoms with Crippen LogP contribution in [0.15, 0.2) is 25.5 Å². The summed E-state index contributed by atoms with van der Waals surface area (Å²) in [5.41, 5.74) is 0. The summed E-state index contributed by atoms with van der Waals surface area (Å²) in [6, 6.07) is 0. The molecule has 4 heteroatoms. The fourth-order valence-corrected chi connectivity index (χ4v) is 0.455. The van der Waals surface area contributed by atoms with E-state index in [1.54, 1.807) is 6.92 Å². The molecule has 0 atom stereocenters. The SMILES string of the molecule is C=CCC(=O)OCC.C=COC(C)=O. The molecule has 0 unspecified atom stereocenters. The van der Waals surface area contributed by atoms with E-state index in [1.165, 1.54) is 13.0 Å². The molecule has 0 radical (unpaired) electrons. The molecule has 0 aromatic carbocycles. The van der Waals surface area contributed by atoms with E-state index in [2.05, 4.69) is 22.6 Å². The van der Waals surface area contributed by atoms with E-state index in [0.29, 0.717) is 13.0 Å². The van der Waals surface area contributed by atoms with Crippen LogP contribution in [-0.4, -0.2) is 18.5 Å². The Morgan fingerprint density at radius 1 is 1.36 bits per heavy atom. The van der Waals surface area contributed by atoms with Gasteiger partial charge in [-0.25, -0.2) is 0 Å². The lowest BCUT2D eigenvalue weighted by Gasteiger charge is -1.94. The van der Waals surface area contributed by atoms with Crippen molar-refractivity contribution in [3.05, 3.63) is 25.5 Å². The highest BCUT2D eigenvalue weighted by Crippen LogP contribution is 1.84. The highest BCUT2D eigenvalue weighted by Gasteiger charge is 1.93. The fraction of sp³-hybridized carbons (Fsp3) is 0.400. The van der Waals surface area contributed by atoms with Crippen molar-refractivity contribution in [3.8, 4) is 0 Å². The number of esters is 2. The van der Waals surface area contributed by atoms with Gasteiger partial charge in [-0.1, -0.05) is 12.7 Å². The van der Waals surface area contributed by atoms with Crippen molar-refractivity contribution in [2.75, 3.05) is 6.61 Å². The summed E-state index contributed by atoms with van der Waals surface area (Å²) >= 11 is 0. The first kappa shape index (κ1) is 14.9. The Bertz CT molecular complexity index is 196. The first-order valence-electron chi connectivity index (χ1n) is 4.13. The molecule has 0 saturated heterocycles. The van der Waals surface area contributed by atoms with Gasteiger partial charge < -0.3 is 9.47 Å². The molecule has 0 saturated carbocycles. The first-order chi connectivity index (χ1) is 6.58. The standard InChI is InChI=1S/C6H10O2.C4H6O2/c1-3-5-6(7)8-4-2;1-3-6-4(2)5/h3H,1,4-5H2,2H3;3H,1H2,2H3. The lowest BCUT2D eigenvalue weighted by molar-refractivity contribution is -0.142. The number of ether oxygens (including phenoxy) is 2. The Morgan fingerprint density at radius 2 is 1.93 bits per heavy atom. The Hall–Kier alpha value is -1.58. The van der Waals surface area contributed by atoms with E-state index in [4.69, 9.17) is 0 Å². The van der Waals surface area contributed by atoms with Gasteiger partial charge in [0.25, 0.3) is 0 Å². The van der Waals surface area contributed by atoms with Crippen LogP contribution in [0.4, 0.5) is 0 Å². The Morgan fingerprint density at radius 3 is 2.14 bits per heavy atom. The van der Waals surface area contributed by atoms with Crippen molar-refractivity contribution < 1.29 is 19.1 Å². The molecule has 0 spiro atoms. The summed E-state index contributed by atoms with van der Waals surface area (Å²) in [5.74, 6) is -0.535. The van der Waals surface area contributed by atoms with Gasteiger partial charge in [0.1, 0.15) is 0 Å². The summed E-state index contributed by atoms with van der Waals surface area (Å²) in [7, 11) is 0. The number of carbonyl (C=O) groups excluding carboxylic acids is 2. The van der Waals surface area contributed by atoms with E-state index in [-0.39, 0.29) is 11.9 Å². The number of hydrogen-bond donors (Lipinski definition) is 0. The second kappa shape index (κ2) is 11.4. The molecule has 0 fully saturated rings. The van der Waals surface area contributed by atoms with Crippen molar-refractivity contribution in [2.45, 2.75) is 20.3 Å². The van der Waals surface area contributed by atoms with Gasteiger partial charge in [-0.15, -0.1) is 6.58 Å². The third-order valence-electron chi connectivity index (χ3n) is 0.866. The third kappa shape index (κ3) is 16.8. The molecule has 0 amide bonds. The number of carbonyl (C=O) groups is 2. The molecule has 0 aromatic rings. The Kier molecular flexibility index (Phi) is 12.2. The maximum Gasteiger partial charge on any atom is 0.309 e. The molecule has 0 aliphatic heterocycles. The van der Waals surface area contributed by atoms with Crippen molar-refractivity contribution in [1.29, 1.82) is 0 Å². The topological polar surface area (TPSA) is 52.6 Å². The van der Waals surface area contributed by atoms with Gasteiger partial charge in [0.05, 0.1) is 19.3 Å². The van der Waals surface area contributed by atoms with Crippen LogP contribution >= 0.6 is 0 Å². The summed E-state index contributed by atoms with van der Waals surface area (Å²) in [5, 5.41) is 0. The molecule has 0 aliphatic rings. The highest BCUT2D eigenvalue weighted by molar-refractivity contribution is 5.70. The monoisotopic (exact) mass is 200 g/mol. The van der Waals surface area contributed by atoms with E-state index in [1.807, 2.05) is 0 Å². The average molecular weight is 200 g/mol. The van der Waals surface area contributed by atoms with Crippen molar-refractivity contribution in [3.63, 3.8) is 0 Å². The highest BCUT2D eigenvalue weighted by atomic mass is 16.5. The fourth-order valence-electron chi connectivity index (χ4n) is 0.455. The predicted octanol–water partition coefficient (Wildman–Crippen LogP) is 1.82. The second-order valence-electron chi connectivity index (χ2n) is 2.07. The molecule has 0 heterocycles. The lowest BCUT2D eigenvalue weighted by Crippen LogP contribution is -2.00. The summed E-state index contributed by atoms with van der Waals surface area (Å²) in [6.07, 6.45) is 2.94. The van der Waals surface area contributed by atoms with E-state index < -0.39 is 0 Å². The minimum absolute atomic E-state index is 0.206. The summed E-state index contributed by atoms with van der Waals surface area (Å²) in [4.78, 5) is 20.1. The molecule has 4 nitrogen and oxygen atoms in total. The van der Waals surface area contributed by atoms with E-state index in [9.17, 15) is 9.59 Å². The van der Waals surface area contributed by atoms with Crippen molar-refractivity contribution >= 4 is 11.9 Å². The van der Waals surface area contributed by atoms with Gasteiger partial charge in [0, 0.05) is 6.92 Å². The predicted molar refractivity (Wildman–Crippen MR) is 53.4 cm³/mol. The Balaban J connectivity index is 0. The zero-order valence-corrected chi connectivity index (χ0v) is 8.62. The zero-order chi connectivity index (χ0) is 11.4. The van der Waals surface area contributed by atoms with Crippen molar-refractivity contribution in [2.24, 2.45) is 0 Å². The van der Waals surface area contributed by atoms with Crippen LogP contribution in [0.5, 0.6) is 0 Å². The quantitative estimate of drug-likeness (QED) is 0.394. The van der Waals surface area contributed by atoms with Crippen LogP contribution in [0.2, 0.25) is 0 Å². The Labute approximate surface area is 84.2 Å². The average Bonchev–Trinajstić information content (AvgIpc) is 2.05. The molecule has 0 aromatic heterocycles. The second-order valence-corrected chi connectivity index (χ2v) is 2.07. The van der Waals surface area contributed by atoms with E-state index in [0.717, 1.165) is 6.26 Å². The van der Waals surface area contributed by atoms with Crippen LogP contribution in [0, 0.1) is 0 Å². The molecule has 0 bridgehead atoms. The third-order valence-corrected chi connectivity index (χ3v) is 0.866. The largest absolute Gasteiger partial charge is 0.466 e. The molecule has 0 aliphatic carbocycles. The molecule has 14 heavy (non-hydrogen) atoms. The molecule has 0 rings (SSSR count). The molecular weight excluding hydrogens is 184 g/mol. The smallest absolute Gasteiger partial charge is 0.309 e. The minimum atomic E-state index is -0.329. The first-order valence-corrected chi connectivity index (χ1v) is 4.13. The van der Waals surface area contributed by atoms with E-state index >= 15 is 0 Å². The van der Waals surface area contributed by atoms with Gasteiger partial charge >= 0.3 is 11.9 Å². The lowest BCUT2D eigenvalue weighted by atomic mass is 10.4. The molecular formula is C10H16O4. The van der Waals surface area contributed by atoms with Crippen molar-refractivity contribution in [1.82, 2.24) is 0 Å². The maximum absolute atomic E-state index is 10.3. The minimum Gasteiger partial charge on any atom is -0.466 e. The maximum atomic E-state index is 10.3. The summed E-state index contributed by atoms with van der Waals surface area (Å²) in [6.45, 7) is 10.1. The molecule has 80 valence electrons. The summed E-state index contributed by atoms with van der Waals surface area (Å²) < 4.78 is 8.74.